The molecule has 122 valence electrons. The fraction of sp³-hybridized carbons (Fsp3) is 0.188. The molecule has 2 aromatic heterocycles. The molecule has 0 spiro atoms. The maximum atomic E-state index is 11.7. The molecule has 1 amide bonds. The van der Waals surface area contributed by atoms with Gasteiger partial charge >= 0.3 is 0 Å². The van der Waals surface area contributed by atoms with Gasteiger partial charge in [-0.25, -0.2) is 0 Å². The second-order valence-electron chi connectivity index (χ2n) is 5.27. The van der Waals surface area contributed by atoms with Gasteiger partial charge in [-0.2, -0.15) is 4.98 Å². The van der Waals surface area contributed by atoms with E-state index in [1.807, 2.05) is 18.2 Å². The lowest BCUT2D eigenvalue weighted by molar-refractivity contribution is -0.120. The Kier molecular flexibility index (Phi) is 3.42. The Morgan fingerprint density at radius 1 is 1.33 bits per heavy atom. The van der Waals surface area contributed by atoms with E-state index < -0.39 is 0 Å². The highest BCUT2D eigenvalue weighted by Crippen LogP contribution is 2.33. The highest BCUT2D eigenvalue weighted by molar-refractivity contribution is 5.97. The van der Waals surface area contributed by atoms with Crippen molar-refractivity contribution >= 4 is 17.3 Å². The standard InChI is InChI=1S/C16H14N4O4/c1-20-11-7-10(4-5-12(11)23-9-15(20)21)17-8-14-18-16(19-24-14)13-3-2-6-22-13/h2-7,17H,8-9H2,1H3. The number of likely N-dealkylation sites (N-methyl/N-ethyl adjacent to an activating group) is 1. The van der Waals surface area contributed by atoms with Crippen LogP contribution in [0.25, 0.3) is 11.6 Å². The minimum atomic E-state index is -0.0837. The number of carbonyl (C=O) groups excluding carboxylic acids is 1. The summed E-state index contributed by atoms with van der Waals surface area (Å²) in [7, 11) is 1.72. The van der Waals surface area contributed by atoms with Crippen LogP contribution in [0.1, 0.15) is 5.89 Å². The van der Waals surface area contributed by atoms with E-state index in [0.717, 1.165) is 11.4 Å². The van der Waals surface area contributed by atoms with E-state index in [1.165, 1.54) is 0 Å². The second kappa shape index (κ2) is 5.73. The summed E-state index contributed by atoms with van der Waals surface area (Å²) in [5.41, 5.74) is 1.54. The number of rotatable bonds is 4. The largest absolute Gasteiger partial charge is 0.482 e. The molecule has 1 aromatic carbocycles. The highest BCUT2D eigenvalue weighted by atomic mass is 16.5. The summed E-state index contributed by atoms with van der Waals surface area (Å²) >= 11 is 0. The summed E-state index contributed by atoms with van der Waals surface area (Å²) < 4.78 is 15.8. The number of hydrogen-bond donors (Lipinski definition) is 1. The average Bonchev–Trinajstić information content (AvgIpc) is 3.27. The molecule has 0 radical (unpaired) electrons. The van der Waals surface area contributed by atoms with Crippen LogP contribution in [0.3, 0.4) is 0 Å². The number of furan rings is 1. The lowest BCUT2D eigenvalue weighted by Crippen LogP contribution is -2.35. The number of carbonyl (C=O) groups is 1. The SMILES string of the molecule is CN1C(=O)COc2ccc(NCc3nc(-c4ccco4)no3)cc21. The van der Waals surface area contributed by atoms with E-state index in [2.05, 4.69) is 15.5 Å². The van der Waals surface area contributed by atoms with E-state index in [0.29, 0.717) is 29.8 Å². The number of benzene rings is 1. The summed E-state index contributed by atoms with van der Waals surface area (Å²) in [5, 5.41) is 7.06. The van der Waals surface area contributed by atoms with Crippen molar-refractivity contribution in [2.24, 2.45) is 0 Å². The van der Waals surface area contributed by atoms with Crippen molar-refractivity contribution in [3.05, 3.63) is 42.5 Å². The van der Waals surface area contributed by atoms with Crippen molar-refractivity contribution in [3.8, 4) is 17.3 Å². The van der Waals surface area contributed by atoms with Crippen molar-refractivity contribution in [3.63, 3.8) is 0 Å². The Morgan fingerprint density at radius 3 is 3.08 bits per heavy atom. The summed E-state index contributed by atoms with van der Waals surface area (Å²) in [4.78, 5) is 17.5. The van der Waals surface area contributed by atoms with Crippen LogP contribution in [0.4, 0.5) is 11.4 Å². The van der Waals surface area contributed by atoms with Crippen LogP contribution in [0.5, 0.6) is 5.75 Å². The van der Waals surface area contributed by atoms with Crippen molar-refractivity contribution in [2.75, 3.05) is 23.9 Å². The average molecular weight is 326 g/mol. The van der Waals surface area contributed by atoms with Gasteiger partial charge in [-0.05, 0) is 30.3 Å². The predicted molar refractivity (Wildman–Crippen MR) is 84.7 cm³/mol. The van der Waals surface area contributed by atoms with E-state index in [1.54, 1.807) is 30.3 Å². The van der Waals surface area contributed by atoms with Crippen molar-refractivity contribution in [2.45, 2.75) is 6.54 Å². The van der Waals surface area contributed by atoms with Crippen LogP contribution in [-0.4, -0.2) is 29.7 Å². The van der Waals surface area contributed by atoms with Gasteiger partial charge in [-0.1, -0.05) is 5.16 Å². The Hall–Kier alpha value is -3.29. The molecule has 8 nitrogen and oxygen atoms in total. The third kappa shape index (κ3) is 2.58. The predicted octanol–water partition coefficient (Wildman–Crippen LogP) is 2.30. The number of aromatic nitrogens is 2. The number of amides is 1. The highest BCUT2D eigenvalue weighted by Gasteiger charge is 2.22. The summed E-state index contributed by atoms with van der Waals surface area (Å²) in [5.74, 6) is 1.98. The van der Waals surface area contributed by atoms with Crippen LogP contribution in [0.15, 0.2) is 45.5 Å². The monoisotopic (exact) mass is 326 g/mol. The minimum Gasteiger partial charge on any atom is -0.482 e. The van der Waals surface area contributed by atoms with E-state index in [4.69, 9.17) is 13.7 Å². The first-order valence-corrected chi connectivity index (χ1v) is 7.34. The molecule has 8 heteroatoms. The van der Waals surface area contributed by atoms with Crippen LogP contribution in [-0.2, 0) is 11.3 Å². The zero-order valence-electron chi connectivity index (χ0n) is 12.9. The summed E-state index contributed by atoms with van der Waals surface area (Å²) in [6, 6.07) is 9.06. The quantitative estimate of drug-likeness (QED) is 0.786. The van der Waals surface area contributed by atoms with Gasteiger partial charge in [0.05, 0.1) is 18.5 Å². The maximum absolute atomic E-state index is 11.7. The third-order valence-corrected chi connectivity index (χ3v) is 3.70. The Bertz CT molecular complexity index is 872. The number of nitrogens with one attached hydrogen (secondary N) is 1. The van der Waals surface area contributed by atoms with Crippen molar-refractivity contribution in [1.82, 2.24) is 10.1 Å². The molecule has 24 heavy (non-hydrogen) atoms. The van der Waals surface area contributed by atoms with Gasteiger partial charge in [-0.15, -0.1) is 0 Å². The van der Waals surface area contributed by atoms with Gasteiger partial charge in [0.1, 0.15) is 5.75 Å². The Morgan fingerprint density at radius 2 is 2.25 bits per heavy atom. The molecular formula is C16H14N4O4. The lowest BCUT2D eigenvalue weighted by atomic mass is 10.2. The fourth-order valence-electron chi connectivity index (χ4n) is 2.39. The fourth-order valence-corrected chi connectivity index (χ4v) is 2.39. The zero-order valence-corrected chi connectivity index (χ0v) is 12.9. The molecular weight excluding hydrogens is 312 g/mol. The van der Waals surface area contributed by atoms with Crippen LogP contribution in [0.2, 0.25) is 0 Å². The first-order valence-electron chi connectivity index (χ1n) is 7.34. The molecule has 3 heterocycles. The van der Waals surface area contributed by atoms with Gasteiger partial charge in [0.15, 0.2) is 12.4 Å². The first-order chi connectivity index (χ1) is 11.7. The second-order valence-corrected chi connectivity index (χ2v) is 5.27. The Balaban J connectivity index is 1.48. The van der Waals surface area contributed by atoms with Crippen molar-refractivity contribution in [1.29, 1.82) is 0 Å². The van der Waals surface area contributed by atoms with Gasteiger partial charge in [0.25, 0.3) is 5.91 Å². The van der Waals surface area contributed by atoms with Gasteiger partial charge < -0.3 is 23.9 Å². The van der Waals surface area contributed by atoms with E-state index in [9.17, 15) is 4.79 Å². The summed E-state index contributed by atoms with van der Waals surface area (Å²) in [6.07, 6.45) is 1.55. The molecule has 0 fully saturated rings. The molecule has 1 N–H and O–H groups in total. The van der Waals surface area contributed by atoms with E-state index in [-0.39, 0.29) is 12.5 Å². The van der Waals surface area contributed by atoms with Crippen LogP contribution in [0, 0.1) is 0 Å². The molecule has 3 aromatic rings. The molecule has 0 atom stereocenters. The maximum Gasteiger partial charge on any atom is 0.264 e. The van der Waals surface area contributed by atoms with Gasteiger partial charge in [0, 0.05) is 12.7 Å². The number of nitrogens with zero attached hydrogens (tertiary/aromatic N) is 3. The zero-order chi connectivity index (χ0) is 16.5. The van der Waals surface area contributed by atoms with Gasteiger partial charge in [0.2, 0.25) is 11.7 Å². The normalized spacial score (nSPS) is 13.5. The molecule has 0 saturated heterocycles. The molecule has 4 rings (SSSR count). The topological polar surface area (TPSA) is 93.6 Å². The number of ether oxygens (including phenoxy) is 1. The van der Waals surface area contributed by atoms with Gasteiger partial charge in [-0.3, -0.25) is 4.79 Å². The smallest absolute Gasteiger partial charge is 0.264 e. The number of hydrogen-bond acceptors (Lipinski definition) is 7. The number of fused-ring (bicyclic) bond motifs is 1. The molecule has 1 aliphatic rings. The van der Waals surface area contributed by atoms with Crippen LogP contribution >= 0.6 is 0 Å². The first kappa shape index (κ1) is 14.3. The molecule has 0 saturated carbocycles. The summed E-state index contributed by atoms with van der Waals surface area (Å²) in [6.45, 7) is 0.416. The van der Waals surface area contributed by atoms with Crippen LogP contribution < -0.4 is 15.0 Å². The molecule has 0 unspecified atom stereocenters. The minimum absolute atomic E-state index is 0.0633. The van der Waals surface area contributed by atoms with Crippen molar-refractivity contribution < 1.29 is 18.5 Å². The lowest BCUT2D eigenvalue weighted by Gasteiger charge is -2.26. The Labute approximate surface area is 137 Å². The molecule has 1 aliphatic heterocycles. The number of anilines is 2. The van der Waals surface area contributed by atoms with E-state index >= 15 is 0 Å². The molecule has 0 aliphatic carbocycles. The third-order valence-electron chi connectivity index (χ3n) is 3.70. The molecule has 0 bridgehead atoms.